The second-order valence-electron chi connectivity index (χ2n) is 5.92. The molecule has 4 heteroatoms. The molecule has 2 fully saturated rings. The Hall–Kier alpha value is -0.610. The first-order valence-corrected chi connectivity index (χ1v) is 7.29. The maximum Gasteiger partial charge on any atom is 0.240 e. The van der Waals surface area contributed by atoms with Crippen molar-refractivity contribution in [2.24, 2.45) is 5.92 Å². The molecule has 0 aromatic rings. The molecule has 2 N–H and O–H groups in total. The molecule has 0 aromatic carbocycles. The third kappa shape index (κ3) is 2.86. The van der Waals surface area contributed by atoms with Gasteiger partial charge in [0, 0.05) is 7.05 Å². The molecule has 1 aliphatic heterocycles. The maximum atomic E-state index is 12.5. The molecule has 1 saturated carbocycles. The fraction of sp³-hybridized carbons (Fsp3) is 0.929. The number of rotatable bonds is 2. The van der Waals surface area contributed by atoms with Gasteiger partial charge in [-0.05, 0) is 38.1 Å². The van der Waals surface area contributed by atoms with Crippen LogP contribution in [0.1, 0.15) is 45.4 Å². The second-order valence-corrected chi connectivity index (χ2v) is 5.92. The molecule has 0 spiro atoms. The van der Waals surface area contributed by atoms with Crippen molar-refractivity contribution in [2.75, 3.05) is 13.6 Å². The standard InChI is InChI=1S/C14H26N2O2/c1-10-6-5-9-15-13(10)14(18)16(2)11-7-3-4-8-12(11)17/h10-13,15,17H,3-9H2,1-2H3. The highest BCUT2D eigenvalue weighted by molar-refractivity contribution is 5.82. The van der Waals surface area contributed by atoms with Crippen LogP contribution in [-0.4, -0.2) is 47.7 Å². The van der Waals surface area contributed by atoms with Crippen molar-refractivity contribution in [1.82, 2.24) is 10.2 Å². The van der Waals surface area contributed by atoms with Gasteiger partial charge in [0.2, 0.25) is 5.91 Å². The molecule has 4 nitrogen and oxygen atoms in total. The largest absolute Gasteiger partial charge is 0.391 e. The van der Waals surface area contributed by atoms with E-state index in [4.69, 9.17) is 0 Å². The van der Waals surface area contributed by atoms with Gasteiger partial charge in [-0.25, -0.2) is 0 Å². The van der Waals surface area contributed by atoms with E-state index in [0.29, 0.717) is 5.92 Å². The van der Waals surface area contributed by atoms with E-state index in [1.54, 1.807) is 4.90 Å². The van der Waals surface area contributed by atoms with E-state index in [1.807, 2.05) is 7.05 Å². The zero-order chi connectivity index (χ0) is 13.1. The topological polar surface area (TPSA) is 52.6 Å². The van der Waals surface area contributed by atoms with Crippen molar-refractivity contribution in [2.45, 2.75) is 63.6 Å². The summed E-state index contributed by atoms with van der Waals surface area (Å²) in [6.07, 6.45) is 5.89. The fourth-order valence-corrected chi connectivity index (χ4v) is 3.31. The lowest BCUT2D eigenvalue weighted by Gasteiger charge is -2.39. The van der Waals surface area contributed by atoms with E-state index in [9.17, 15) is 9.90 Å². The number of likely N-dealkylation sites (N-methyl/N-ethyl adjacent to an activating group) is 1. The lowest BCUT2D eigenvalue weighted by atomic mass is 9.88. The Labute approximate surface area is 110 Å². The van der Waals surface area contributed by atoms with Gasteiger partial charge < -0.3 is 15.3 Å². The van der Waals surface area contributed by atoms with E-state index >= 15 is 0 Å². The molecule has 0 radical (unpaired) electrons. The van der Waals surface area contributed by atoms with Crippen LogP contribution in [0.4, 0.5) is 0 Å². The van der Waals surface area contributed by atoms with Crippen LogP contribution in [0.5, 0.6) is 0 Å². The summed E-state index contributed by atoms with van der Waals surface area (Å²) in [6.45, 7) is 3.07. The van der Waals surface area contributed by atoms with Crippen LogP contribution in [0.25, 0.3) is 0 Å². The smallest absolute Gasteiger partial charge is 0.240 e. The van der Waals surface area contributed by atoms with Crippen LogP contribution >= 0.6 is 0 Å². The summed E-state index contributed by atoms with van der Waals surface area (Å²) in [5.74, 6) is 0.558. The van der Waals surface area contributed by atoms with Gasteiger partial charge in [-0.15, -0.1) is 0 Å². The summed E-state index contributed by atoms with van der Waals surface area (Å²) in [4.78, 5) is 14.3. The third-order valence-electron chi connectivity index (χ3n) is 4.57. The van der Waals surface area contributed by atoms with Gasteiger partial charge in [-0.1, -0.05) is 19.8 Å². The van der Waals surface area contributed by atoms with Crippen molar-refractivity contribution < 1.29 is 9.90 Å². The summed E-state index contributed by atoms with van der Waals surface area (Å²) in [5, 5.41) is 13.4. The lowest BCUT2D eigenvalue weighted by Crippen LogP contribution is -2.56. The Balaban J connectivity index is 1.98. The molecule has 4 unspecified atom stereocenters. The first-order chi connectivity index (χ1) is 8.61. The zero-order valence-electron chi connectivity index (χ0n) is 11.6. The van der Waals surface area contributed by atoms with Crippen molar-refractivity contribution in [1.29, 1.82) is 0 Å². The van der Waals surface area contributed by atoms with E-state index < -0.39 is 0 Å². The molecule has 2 aliphatic rings. The summed E-state index contributed by atoms with van der Waals surface area (Å²) in [5.41, 5.74) is 0. The highest BCUT2D eigenvalue weighted by Crippen LogP contribution is 2.24. The molecule has 1 aliphatic carbocycles. The van der Waals surface area contributed by atoms with Gasteiger partial charge in [-0.2, -0.15) is 0 Å². The number of amides is 1. The van der Waals surface area contributed by atoms with Crippen molar-refractivity contribution >= 4 is 5.91 Å². The monoisotopic (exact) mass is 254 g/mol. The molecule has 2 rings (SSSR count). The molecule has 0 aromatic heterocycles. The Bertz CT molecular complexity index is 296. The van der Waals surface area contributed by atoms with Crippen LogP contribution in [0.15, 0.2) is 0 Å². The summed E-state index contributed by atoms with van der Waals surface area (Å²) in [6, 6.07) is -0.0416. The molecule has 1 heterocycles. The molecular formula is C14H26N2O2. The predicted molar refractivity (Wildman–Crippen MR) is 71.2 cm³/mol. The number of nitrogens with one attached hydrogen (secondary N) is 1. The molecule has 1 amide bonds. The second kappa shape index (κ2) is 6.02. The van der Waals surface area contributed by atoms with Crippen LogP contribution in [0.3, 0.4) is 0 Å². The Morgan fingerprint density at radius 3 is 2.61 bits per heavy atom. The predicted octanol–water partition coefficient (Wildman–Crippen LogP) is 1.14. The first kappa shape index (κ1) is 13.8. The highest BCUT2D eigenvalue weighted by atomic mass is 16.3. The van der Waals surface area contributed by atoms with Gasteiger partial charge in [0.25, 0.3) is 0 Å². The van der Waals surface area contributed by atoms with Gasteiger partial charge in [0.1, 0.15) is 0 Å². The third-order valence-corrected chi connectivity index (χ3v) is 4.57. The Morgan fingerprint density at radius 1 is 1.22 bits per heavy atom. The number of nitrogens with zero attached hydrogens (tertiary/aromatic N) is 1. The minimum absolute atomic E-state index is 0.0159. The van der Waals surface area contributed by atoms with Gasteiger partial charge in [-0.3, -0.25) is 4.79 Å². The van der Waals surface area contributed by atoms with E-state index in [0.717, 1.165) is 45.1 Å². The average Bonchev–Trinajstić information content (AvgIpc) is 2.38. The minimum atomic E-state index is -0.341. The van der Waals surface area contributed by atoms with Gasteiger partial charge in [0.05, 0.1) is 18.2 Å². The molecule has 18 heavy (non-hydrogen) atoms. The Kier molecular flexibility index (Phi) is 4.62. The minimum Gasteiger partial charge on any atom is -0.391 e. The van der Waals surface area contributed by atoms with Crippen LogP contribution in [0.2, 0.25) is 0 Å². The SMILES string of the molecule is CC1CCCNC1C(=O)N(C)C1CCCCC1O. The summed E-state index contributed by atoms with van der Waals surface area (Å²) < 4.78 is 0. The fourth-order valence-electron chi connectivity index (χ4n) is 3.31. The van der Waals surface area contributed by atoms with Gasteiger partial charge >= 0.3 is 0 Å². The highest BCUT2D eigenvalue weighted by Gasteiger charge is 2.35. The van der Waals surface area contributed by atoms with E-state index in [-0.39, 0.29) is 24.1 Å². The number of hydrogen-bond acceptors (Lipinski definition) is 3. The normalized spacial score (nSPS) is 37.3. The number of carbonyl (C=O) groups excluding carboxylic acids is 1. The van der Waals surface area contributed by atoms with Crippen molar-refractivity contribution in [3.8, 4) is 0 Å². The molecule has 104 valence electrons. The number of aliphatic hydroxyl groups is 1. The summed E-state index contributed by atoms with van der Waals surface area (Å²) >= 11 is 0. The van der Waals surface area contributed by atoms with E-state index in [2.05, 4.69) is 12.2 Å². The zero-order valence-corrected chi connectivity index (χ0v) is 11.6. The number of hydrogen-bond donors (Lipinski definition) is 2. The van der Waals surface area contributed by atoms with Crippen LogP contribution in [-0.2, 0) is 4.79 Å². The molecule has 0 bridgehead atoms. The summed E-state index contributed by atoms with van der Waals surface area (Å²) in [7, 11) is 1.85. The quantitative estimate of drug-likeness (QED) is 0.777. The molecule has 1 saturated heterocycles. The molecule has 4 atom stereocenters. The lowest BCUT2D eigenvalue weighted by molar-refractivity contribution is -0.139. The van der Waals surface area contributed by atoms with E-state index in [1.165, 1.54) is 0 Å². The van der Waals surface area contributed by atoms with Crippen LogP contribution in [0, 0.1) is 5.92 Å². The molecular weight excluding hydrogens is 228 g/mol. The van der Waals surface area contributed by atoms with Gasteiger partial charge in [0.15, 0.2) is 0 Å². The number of carbonyl (C=O) groups is 1. The average molecular weight is 254 g/mol. The number of piperidine rings is 1. The van der Waals surface area contributed by atoms with Crippen LogP contribution < -0.4 is 5.32 Å². The first-order valence-electron chi connectivity index (χ1n) is 7.29. The van der Waals surface area contributed by atoms with Crippen molar-refractivity contribution in [3.05, 3.63) is 0 Å². The number of aliphatic hydroxyl groups excluding tert-OH is 1. The van der Waals surface area contributed by atoms with Crippen molar-refractivity contribution in [3.63, 3.8) is 0 Å². The Morgan fingerprint density at radius 2 is 1.94 bits per heavy atom. The maximum absolute atomic E-state index is 12.5.